The van der Waals surface area contributed by atoms with E-state index in [0.717, 1.165) is 23.3 Å². The number of carbonyl (C=O) groups is 1. The van der Waals surface area contributed by atoms with Gasteiger partial charge in [-0.15, -0.1) is 0 Å². The SMILES string of the molecule is COc1cc(C2Oc3c(OC)cc(CCCO)cc3C2CO)ccc1OC1OC(COC(=O)c2cc(O)c(O)c(O)c2)C(O)C(O)C1O. The molecule has 15 nitrogen and oxygen atoms in total. The van der Waals surface area contributed by atoms with Crippen molar-refractivity contribution in [1.29, 1.82) is 0 Å². The van der Waals surface area contributed by atoms with Gasteiger partial charge in [0.2, 0.25) is 6.29 Å². The number of hydrogen-bond acceptors (Lipinski definition) is 15. The van der Waals surface area contributed by atoms with E-state index in [4.69, 9.17) is 28.4 Å². The van der Waals surface area contributed by atoms with Crippen LogP contribution in [0, 0.1) is 0 Å². The second-order valence-corrected chi connectivity index (χ2v) is 11.4. The molecular weight excluding hydrogens is 636 g/mol. The number of carbonyl (C=O) groups excluding carboxylic acids is 1. The first-order chi connectivity index (χ1) is 23.0. The molecular formula is C33H38O15. The van der Waals surface area contributed by atoms with Gasteiger partial charge in [-0.1, -0.05) is 12.1 Å². The number of esters is 1. The number of methoxy groups -OCH3 is 2. The van der Waals surface area contributed by atoms with Gasteiger partial charge in [0.25, 0.3) is 0 Å². The summed E-state index contributed by atoms with van der Waals surface area (Å²) in [6, 6.07) is 10.3. The standard InChI is InChI=1S/C33H38O15/c1-43-23-12-16(30-19(13-35)18-8-15(4-3-7-34)9-24(44-2)31(18)48-30)5-6-22(23)46-33-29(41)28(40)27(39)25(47-33)14-45-32(42)17-10-20(36)26(38)21(37)11-17/h5-6,8-12,19,25,27-30,33-41H,3-4,7,13-14H2,1-2H3. The second kappa shape index (κ2) is 14.7. The van der Waals surface area contributed by atoms with Crippen molar-refractivity contribution in [3.8, 4) is 40.2 Å². The smallest absolute Gasteiger partial charge is 0.338 e. The van der Waals surface area contributed by atoms with Crippen LogP contribution in [0.25, 0.3) is 0 Å². The Kier molecular flexibility index (Phi) is 10.7. The van der Waals surface area contributed by atoms with Crippen LogP contribution in [0.3, 0.4) is 0 Å². The van der Waals surface area contributed by atoms with Crippen molar-refractivity contribution in [3.05, 3.63) is 64.7 Å². The number of aromatic hydroxyl groups is 3. The molecule has 0 bridgehead atoms. The Labute approximate surface area is 274 Å². The molecule has 7 atom stereocenters. The van der Waals surface area contributed by atoms with Crippen LogP contribution in [0.2, 0.25) is 0 Å². The Morgan fingerprint density at radius 2 is 1.56 bits per heavy atom. The lowest BCUT2D eigenvalue weighted by Gasteiger charge is -2.40. The second-order valence-electron chi connectivity index (χ2n) is 11.4. The summed E-state index contributed by atoms with van der Waals surface area (Å²) in [6.07, 6.45) is -7.61. The minimum absolute atomic E-state index is 0.0337. The molecule has 3 aromatic rings. The number of phenolic OH excluding ortho intramolecular Hbond substituents is 3. The van der Waals surface area contributed by atoms with Gasteiger partial charge < -0.3 is 69.3 Å². The number of aliphatic hydroxyl groups excluding tert-OH is 5. The fraction of sp³-hybridized carbons (Fsp3) is 0.424. The number of rotatable bonds is 12. The van der Waals surface area contributed by atoms with E-state index in [1.807, 2.05) is 12.1 Å². The van der Waals surface area contributed by atoms with E-state index in [1.54, 1.807) is 12.1 Å². The Bertz CT molecular complexity index is 1590. The van der Waals surface area contributed by atoms with Crippen LogP contribution < -0.4 is 18.9 Å². The van der Waals surface area contributed by atoms with Crippen molar-refractivity contribution >= 4 is 5.97 Å². The highest BCUT2D eigenvalue weighted by Crippen LogP contribution is 2.51. The Balaban J connectivity index is 1.32. The maximum atomic E-state index is 12.5. The molecule has 3 aromatic carbocycles. The molecule has 1 saturated heterocycles. The lowest BCUT2D eigenvalue weighted by Crippen LogP contribution is -2.60. The third-order valence-corrected chi connectivity index (χ3v) is 8.31. The van der Waals surface area contributed by atoms with Crippen molar-refractivity contribution in [2.75, 3.05) is 34.0 Å². The molecule has 2 aliphatic heterocycles. The lowest BCUT2D eigenvalue weighted by atomic mass is 9.90. The van der Waals surface area contributed by atoms with Crippen molar-refractivity contribution in [3.63, 3.8) is 0 Å². The summed E-state index contributed by atoms with van der Waals surface area (Å²) in [5.74, 6) is -2.60. The Hall–Kier alpha value is -4.51. The molecule has 2 heterocycles. The maximum Gasteiger partial charge on any atom is 0.338 e. The zero-order valence-corrected chi connectivity index (χ0v) is 26.1. The molecule has 48 heavy (non-hydrogen) atoms. The molecule has 15 heteroatoms. The predicted molar refractivity (Wildman–Crippen MR) is 164 cm³/mol. The molecule has 0 aromatic heterocycles. The van der Waals surface area contributed by atoms with Crippen molar-refractivity contribution in [1.82, 2.24) is 0 Å². The van der Waals surface area contributed by atoms with Gasteiger partial charge in [-0.3, -0.25) is 0 Å². The van der Waals surface area contributed by atoms with Crippen LogP contribution in [0.4, 0.5) is 0 Å². The minimum Gasteiger partial charge on any atom is -0.504 e. The monoisotopic (exact) mass is 674 g/mol. The van der Waals surface area contributed by atoms with E-state index >= 15 is 0 Å². The van der Waals surface area contributed by atoms with Gasteiger partial charge in [0.15, 0.2) is 40.2 Å². The van der Waals surface area contributed by atoms with Gasteiger partial charge in [0.05, 0.1) is 32.3 Å². The molecule has 0 radical (unpaired) electrons. The molecule has 260 valence electrons. The third kappa shape index (κ3) is 6.87. The number of aliphatic hydroxyl groups is 5. The zero-order chi connectivity index (χ0) is 34.7. The van der Waals surface area contributed by atoms with Gasteiger partial charge in [-0.2, -0.15) is 0 Å². The molecule has 1 fully saturated rings. The number of ether oxygens (including phenoxy) is 6. The third-order valence-electron chi connectivity index (χ3n) is 8.31. The number of aryl methyl sites for hydroxylation is 1. The van der Waals surface area contributed by atoms with E-state index in [1.165, 1.54) is 20.3 Å². The van der Waals surface area contributed by atoms with Crippen molar-refractivity contribution in [2.24, 2.45) is 0 Å². The summed E-state index contributed by atoms with van der Waals surface area (Å²) in [7, 11) is 2.90. The van der Waals surface area contributed by atoms with Gasteiger partial charge in [0.1, 0.15) is 37.1 Å². The molecule has 8 N–H and O–H groups in total. The first-order valence-electron chi connectivity index (χ1n) is 15.1. The zero-order valence-electron chi connectivity index (χ0n) is 26.1. The van der Waals surface area contributed by atoms with E-state index < -0.39 is 72.6 Å². The lowest BCUT2D eigenvalue weighted by molar-refractivity contribution is -0.277. The van der Waals surface area contributed by atoms with Gasteiger partial charge in [-0.25, -0.2) is 4.79 Å². The highest BCUT2D eigenvalue weighted by Gasteiger charge is 2.46. The van der Waals surface area contributed by atoms with Crippen LogP contribution in [-0.2, 0) is 15.9 Å². The van der Waals surface area contributed by atoms with Crippen LogP contribution in [-0.4, -0.2) is 112 Å². The van der Waals surface area contributed by atoms with E-state index in [0.29, 0.717) is 29.9 Å². The number of benzene rings is 3. The quantitative estimate of drug-likeness (QED) is 0.0989. The molecule has 2 aliphatic rings. The largest absolute Gasteiger partial charge is 0.504 e. The predicted octanol–water partition coefficient (Wildman–Crippen LogP) is 0.998. The fourth-order valence-corrected chi connectivity index (χ4v) is 5.73. The number of fused-ring (bicyclic) bond motifs is 1. The summed E-state index contributed by atoms with van der Waals surface area (Å²) in [5.41, 5.74) is 1.98. The molecule has 0 saturated carbocycles. The Morgan fingerprint density at radius 1 is 0.854 bits per heavy atom. The molecule has 0 amide bonds. The van der Waals surface area contributed by atoms with Gasteiger partial charge >= 0.3 is 5.97 Å². The van der Waals surface area contributed by atoms with Gasteiger partial charge in [0, 0.05) is 12.2 Å². The summed E-state index contributed by atoms with van der Waals surface area (Å²) in [6.45, 7) is -0.838. The minimum atomic E-state index is -1.77. The molecule has 0 aliphatic carbocycles. The number of hydrogen-bond donors (Lipinski definition) is 8. The van der Waals surface area contributed by atoms with E-state index in [9.17, 15) is 45.6 Å². The average molecular weight is 675 g/mol. The highest BCUT2D eigenvalue weighted by atomic mass is 16.7. The normalized spacial score (nSPS) is 24.8. The summed E-state index contributed by atoms with van der Waals surface area (Å²) < 4.78 is 34.0. The number of phenols is 3. The van der Waals surface area contributed by atoms with Crippen molar-refractivity contribution in [2.45, 2.75) is 55.6 Å². The maximum absolute atomic E-state index is 12.5. The van der Waals surface area contributed by atoms with Crippen LogP contribution in [0.1, 0.15) is 45.5 Å². The van der Waals surface area contributed by atoms with Crippen LogP contribution in [0.15, 0.2) is 42.5 Å². The van der Waals surface area contributed by atoms with E-state index in [-0.39, 0.29) is 30.3 Å². The topological polar surface area (TPSA) is 234 Å². The highest BCUT2D eigenvalue weighted by molar-refractivity contribution is 5.91. The summed E-state index contributed by atoms with van der Waals surface area (Å²) in [5, 5.41) is 80.2. The Morgan fingerprint density at radius 3 is 2.21 bits per heavy atom. The summed E-state index contributed by atoms with van der Waals surface area (Å²) in [4.78, 5) is 12.5. The van der Waals surface area contributed by atoms with E-state index in [2.05, 4.69) is 0 Å². The molecule has 5 rings (SSSR count). The van der Waals surface area contributed by atoms with Crippen molar-refractivity contribution < 1.29 is 74.1 Å². The molecule has 7 unspecified atom stereocenters. The molecule has 0 spiro atoms. The average Bonchev–Trinajstić information content (AvgIpc) is 3.47. The van der Waals surface area contributed by atoms with Gasteiger partial charge in [-0.05, 0) is 54.3 Å². The first kappa shape index (κ1) is 34.8. The summed E-state index contributed by atoms with van der Waals surface area (Å²) >= 11 is 0. The van der Waals surface area contributed by atoms with Crippen LogP contribution >= 0.6 is 0 Å². The first-order valence-corrected chi connectivity index (χ1v) is 15.1. The van der Waals surface area contributed by atoms with Crippen LogP contribution in [0.5, 0.6) is 40.2 Å². The fourth-order valence-electron chi connectivity index (χ4n) is 5.73.